The molecule has 1 saturated heterocycles. The SMILES string of the molecule is CCc1c2c(nc3ccc(OC(=O)N4CCC(CNC(=O)c5nnc(-c6cc(C(C)C)c(O)cc6O)n5-c5cccnc5)CC4)cc13)/C(=C/C1=C(C=O)COC(=O)C1(O)CC)N(C)C2. The van der Waals surface area contributed by atoms with Crippen molar-refractivity contribution in [3.05, 3.63) is 100 Å². The van der Waals surface area contributed by atoms with Crippen molar-refractivity contribution in [2.75, 3.05) is 33.3 Å². The van der Waals surface area contributed by atoms with Crippen molar-refractivity contribution in [3.8, 4) is 34.3 Å². The molecule has 64 heavy (non-hydrogen) atoms. The molecule has 4 N–H and O–H groups in total. The highest BCUT2D eigenvalue weighted by Gasteiger charge is 2.45. The van der Waals surface area contributed by atoms with E-state index in [-0.39, 0.29) is 59.2 Å². The fourth-order valence-corrected chi connectivity index (χ4v) is 8.75. The third kappa shape index (κ3) is 7.91. The summed E-state index contributed by atoms with van der Waals surface area (Å²) in [6.07, 6.45) is 6.89. The molecule has 6 heterocycles. The summed E-state index contributed by atoms with van der Waals surface area (Å²) >= 11 is 0. The number of hydrogen-bond donors (Lipinski definition) is 4. The summed E-state index contributed by atoms with van der Waals surface area (Å²) in [4.78, 5) is 64.7. The molecule has 2 amide bonds. The molecule has 0 bridgehead atoms. The van der Waals surface area contributed by atoms with E-state index in [1.807, 2.05) is 38.8 Å². The van der Waals surface area contributed by atoms with Crippen LogP contribution < -0.4 is 10.1 Å². The third-order valence-electron chi connectivity index (χ3n) is 12.4. The minimum atomic E-state index is -1.96. The number of nitrogens with one attached hydrogen (secondary N) is 1. The first-order valence-corrected chi connectivity index (χ1v) is 21.4. The lowest BCUT2D eigenvalue weighted by Gasteiger charge is -2.32. The number of rotatable bonds is 11. The van der Waals surface area contributed by atoms with Crippen molar-refractivity contribution in [1.82, 2.24) is 39.8 Å². The van der Waals surface area contributed by atoms with Crippen molar-refractivity contribution in [1.29, 1.82) is 0 Å². The van der Waals surface area contributed by atoms with Gasteiger partial charge in [0.15, 0.2) is 11.4 Å². The quantitative estimate of drug-likeness (QED) is 0.0939. The zero-order valence-electron chi connectivity index (χ0n) is 36.3. The number of likely N-dealkylation sites (tertiary alicyclic amines) is 1. The first kappa shape index (κ1) is 43.5. The summed E-state index contributed by atoms with van der Waals surface area (Å²) in [6, 6.07) is 11.7. The van der Waals surface area contributed by atoms with Gasteiger partial charge in [-0.1, -0.05) is 27.7 Å². The Hall–Kier alpha value is -7.14. The summed E-state index contributed by atoms with van der Waals surface area (Å²) < 4.78 is 12.6. The fraction of sp³-hybridized carbons (Fsp3) is 0.362. The van der Waals surface area contributed by atoms with Gasteiger partial charge in [0, 0.05) is 67.6 Å². The van der Waals surface area contributed by atoms with Gasteiger partial charge in [0.05, 0.1) is 34.4 Å². The molecule has 5 aromatic rings. The van der Waals surface area contributed by atoms with E-state index in [0.29, 0.717) is 91.2 Å². The lowest BCUT2D eigenvalue weighted by atomic mass is 9.85. The van der Waals surface area contributed by atoms with Crippen LogP contribution in [0, 0.1) is 5.92 Å². The van der Waals surface area contributed by atoms with Crippen molar-refractivity contribution >= 4 is 40.9 Å². The van der Waals surface area contributed by atoms with Gasteiger partial charge in [-0.05, 0) is 91.1 Å². The van der Waals surface area contributed by atoms with Crippen LogP contribution in [0.3, 0.4) is 0 Å². The highest BCUT2D eigenvalue weighted by molar-refractivity contribution is 5.94. The monoisotopic (exact) mass is 870 g/mol. The Bertz CT molecular complexity index is 2740. The number of hydrogen-bond acceptors (Lipinski definition) is 14. The van der Waals surface area contributed by atoms with Crippen molar-refractivity contribution in [3.63, 3.8) is 0 Å². The minimum absolute atomic E-state index is 0.00322. The Balaban J connectivity index is 0.939. The number of aldehydes is 1. The van der Waals surface area contributed by atoms with Gasteiger partial charge in [0.1, 0.15) is 30.1 Å². The number of piperidine rings is 1. The Morgan fingerprint density at radius 1 is 1.08 bits per heavy atom. The minimum Gasteiger partial charge on any atom is -0.508 e. The second kappa shape index (κ2) is 17.6. The molecule has 0 aliphatic carbocycles. The molecule has 17 nitrogen and oxygen atoms in total. The number of esters is 1. The summed E-state index contributed by atoms with van der Waals surface area (Å²) in [6.45, 7) is 8.98. The summed E-state index contributed by atoms with van der Waals surface area (Å²) in [5.41, 5.74) is 3.84. The molecule has 3 aromatic heterocycles. The molecule has 1 unspecified atom stereocenters. The van der Waals surface area contributed by atoms with Crippen LogP contribution >= 0.6 is 0 Å². The molecular weight excluding hydrogens is 821 g/mol. The van der Waals surface area contributed by atoms with Crippen LogP contribution in [-0.4, -0.2) is 113 Å². The zero-order valence-corrected chi connectivity index (χ0v) is 36.3. The number of fused-ring (bicyclic) bond motifs is 2. The standard InChI is InChI=1S/C47H50N8O9/c1-6-31-33-17-30(10-11-37(33)50-41-35(31)23-53(5)38(41)19-36-28(24-56)25-63-45(60)47(36,62)7-2)64-46(61)54-15-12-27(13-16-54)21-49-44(59)43-52-51-42(55(43)29-9-8-14-48-22-29)34-18-32(26(3)4)39(57)20-40(34)58/h8-11,14,17-20,22,24,26-27,57-58,62H,6-7,12-13,15-16,21,23,25H2,1-5H3,(H,49,59)/b38-19-. The molecule has 0 saturated carbocycles. The van der Waals surface area contributed by atoms with E-state index >= 15 is 0 Å². The van der Waals surface area contributed by atoms with Crippen molar-refractivity contribution < 1.29 is 44.0 Å². The van der Waals surface area contributed by atoms with Crippen LogP contribution in [0.5, 0.6) is 17.2 Å². The number of benzene rings is 2. The Morgan fingerprint density at radius 2 is 1.86 bits per heavy atom. The number of cyclic esters (lactones) is 1. The van der Waals surface area contributed by atoms with Crippen LogP contribution in [-0.2, 0) is 27.3 Å². The predicted octanol–water partition coefficient (Wildman–Crippen LogP) is 5.60. The van der Waals surface area contributed by atoms with E-state index in [2.05, 4.69) is 20.5 Å². The number of aryl methyl sites for hydroxylation is 1. The molecular formula is C47H50N8O9. The first-order chi connectivity index (χ1) is 30.8. The van der Waals surface area contributed by atoms with Gasteiger partial charge in [-0.2, -0.15) is 0 Å². The van der Waals surface area contributed by atoms with Gasteiger partial charge in [-0.15, -0.1) is 10.2 Å². The number of amides is 2. The average molecular weight is 871 g/mol. The van der Waals surface area contributed by atoms with E-state index in [4.69, 9.17) is 14.5 Å². The van der Waals surface area contributed by atoms with E-state index in [0.717, 1.165) is 16.5 Å². The van der Waals surface area contributed by atoms with E-state index in [1.165, 1.54) is 10.6 Å². The van der Waals surface area contributed by atoms with Gasteiger partial charge in [0.2, 0.25) is 5.82 Å². The van der Waals surface area contributed by atoms with Crippen molar-refractivity contribution in [2.24, 2.45) is 5.92 Å². The molecule has 8 rings (SSSR count). The largest absolute Gasteiger partial charge is 0.508 e. The number of carbonyl (C=O) groups is 4. The molecule has 0 spiro atoms. The Morgan fingerprint density at radius 3 is 2.55 bits per heavy atom. The van der Waals surface area contributed by atoms with Gasteiger partial charge in [-0.25, -0.2) is 14.6 Å². The zero-order chi connectivity index (χ0) is 45.4. The van der Waals surface area contributed by atoms with E-state index in [9.17, 15) is 34.5 Å². The molecule has 0 radical (unpaired) electrons. The summed E-state index contributed by atoms with van der Waals surface area (Å²) in [7, 11) is 1.89. The maximum atomic E-state index is 13.7. The number of pyridine rings is 2. The number of phenols is 2. The normalized spacial score (nSPS) is 18.5. The highest BCUT2D eigenvalue weighted by Crippen LogP contribution is 2.41. The number of nitrogens with zero attached hydrogens (tertiary/aromatic N) is 7. The van der Waals surface area contributed by atoms with Gasteiger partial charge in [0.25, 0.3) is 5.91 Å². The number of aliphatic hydroxyl groups is 1. The van der Waals surface area contributed by atoms with Crippen LogP contribution in [0.25, 0.3) is 33.7 Å². The topological polar surface area (TPSA) is 222 Å². The number of aromatic nitrogens is 5. The number of ether oxygens (including phenoxy) is 2. The number of aromatic hydroxyl groups is 2. The smallest absolute Gasteiger partial charge is 0.415 e. The molecule has 1 atom stereocenters. The molecule has 1 fully saturated rings. The van der Waals surface area contributed by atoms with E-state index in [1.54, 1.807) is 60.6 Å². The summed E-state index contributed by atoms with van der Waals surface area (Å²) in [5, 5.41) is 45.0. The van der Waals surface area contributed by atoms with Gasteiger partial charge in [-0.3, -0.25) is 19.1 Å². The lowest BCUT2D eigenvalue weighted by Crippen LogP contribution is -2.45. The van der Waals surface area contributed by atoms with Crippen LogP contribution in [0.4, 0.5) is 4.79 Å². The second-order valence-corrected chi connectivity index (χ2v) is 16.7. The van der Waals surface area contributed by atoms with Crippen molar-refractivity contribution in [2.45, 2.75) is 71.4 Å². The molecule has 3 aliphatic rings. The van der Waals surface area contributed by atoms with E-state index < -0.39 is 23.6 Å². The van der Waals surface area contributed by atoms with Crippen LogP contribution in [0.2, 0.25) is 0 Å². The number of carbonyl (C=O) groups excluding carboxylic acids is 4. The van der Waals surface area contributed by atoms with Crippen LogP contribution in [0.1, 0.15) is 85.9 Å². The highest BCUT2D eigenvalue weighted by atomic mass is 16.6. The molecule has 3 aliphatic heterocycles. The van der Waals surface area contributed by atoms with Gasteiger partial charge >= 0.3 is 12.1 Å². The lowest BCUT2D eigenvalue weighted by molar-refractivity contribution is -0.162. The predicted molar refractivity (Wildman–Crippen MR) is 235 cm³/mol. The fourth-order valence-electron chi connectivity index (χ4n) is 8.75. The van der Waals surface area contributed by atoms with Crippen LogP contribution in [0.15, 0.2) is 72.1 Å². The molecule has 332 valence electrons. The summed E-state index contributed by atoms with van der Waals surface area (Å²) in [5.74, 6) is -0.937. The van der Waals surface area contributed by atoms with Gasteiger partial charge < -0.3 is 39.9 Å². The molecule has 2 aromatic carbocycles. The maximum absolute atomic E-state index is 13.7. The Labute approximate surface area is 369 Å². The first-order valence-electron chi connectivity index (χ1n) is 21.4. The number of phenolic OH excluding ortho intramolecular Hbond substituents is 2. The molecule has 17 heteroatoms. The Kier molecular flexibility index (Phi) is 11.9. The average Bonchev–Trinajstić information content (AvgIpc) is 3.87. The second-order valence-electron chi connectivity index (χ2n) is 16.7. The third-order valence-corrected chi connectivity index (χ3v) is 12.4. The maximum Gasteiger partial charge on any atom is 0.415 e.